The summed E-state index contributed by atoms with van der Waals surface area (Å²) in [4.78, 5) is 9.80. The minimum Gasteiger partial charge on any atom is -0.455 e. The van der Waals surface area contributed by atoms with Crippen LogP contribution in [0.1, 0.15) is 0 Å². The largest absolute Gasteiger partial charge is 0.455 e. The van der Waals surface area contributed by atoms with E-state index in [4.69, 9.17) is 14.4 Å². The predicted molar refractivity (Wildman–Crippen MR) is 118 cm³/mol. The normalized spacial score (nSPS) is 11.4. The molecule has 3 nitrogen and oxygen atoms in total. The lowest BCUT2D eigenvalue weighted by atomic mass is 10.0. The third kappa shape index (κ3) is 2.52. The molecule has 0 radical (unpaired) electrons. The molecule has 136 valence electrons. The van der Waals surface area contributed by atoms with Crippen LogP contribution in [0.4, 0.5) is 0 Å². The van der Waals surface area contributed by atoms with Crippen LogP contribution in [-0.2, 0) is 0 Å². The van der Waals surface area contributed by atoms with Crippen LogP contribution in [-0.4, -0.2) is 9.97 Å². The lowest BCUT2D eigenvalue weighted by Crippen LogP contribution is -1.95. The number of benzene rings is 4. The molecule has 3 heteroatoms. The van der Waals surface area contributed by atoms with E-state index in [1.165, 1.54) is 0 Å². The predicted octanol–water partition coefficient (Wildman–Crippen LogP) is 6.86. The molecule has 2 aromatic heterocycles. The molecule has 0 aliphatic heterocycles. The Balaban J connectivity index is 1.71. The van der Waals surface area contributed by atoms with Gasteiger partial charge in [-0.3, -0.25) is 0 Å². The number of furan rings is 1. The summed E-state index contributed by atoms with van der Waals surface area (Å²) in [6.07, 6.45) is 0. The molecular formula is C26H16N2O. The monoisotopic (exact) mass is 372 g/mol. The Hall–Kier alpha value is -3.98. The SMILES string of the molecule is c1ccc(-c2nc(-c3cccc4c3oc3ccccc34)c3ccccc3n2)cc1. The number of hydrogen-bond acceptors (Lipinski definition) is 3. The van der Waals surface area contributed by atoms with Crippen LogP contribution in [0, 0.1) is 0 Å². The van der Waals surface area contributed by atoms with Gasteiger partial charge in [0.2, 0.25) is 0 Å². The highest BCUT2D eigenvalue weighted by Gasteiger charge is 2.16. The second-order valence-corrected chi connectivity index (χ2v) is 7.06. The quantitative estimate of drug-likeness (QED) is 0.333. The average Bonchev–Trinajstić information content (AvgIpc) is 3.18. The van der Waals surface area contributed by atoms with Gasteiger partial charge >= 0.3 is 0 Å². The number of aromatic nitrogens is 2. The number of rotatable bonds is 2. The van der Waals surface area contributed by atoms with Crippen LogP contribution in [0.3, 0.4) is 0 Å². The first kappa shape index (κ1) is 16.0. The van der Waals surface area contributed by atoms with Crippen molar-refractivity contribution in [1.82, 2.24) is 9.97 Å². The van der Waals surface area contributed by atoms with Gasteiger partial charge in [0.25, 0.3) is 0 Å². The minimum atomic E-state index is 0.715. The number of nitrogens with zero attached hydrogens (tertiary/aromatic N) is 2. The summed E-state index contributed by atoms with van der Waals surface area (Å²) < 4.78 is 6.27. The maximum atomic E-state index is 6.27. The van der Waals surface area contributed by atoms with Crippen LogP contribution in [0.2, 0.25) is 0 Å². The van der Waals surface area contributed by atoms with Crippen molar-refractivity contribution in [3.05, 3.63) is 97.1 Å². The van der Waals surface area contributed by atoms with Crippen LogP contribution < -0.4 is 0 Å². The lowest BCUT2D eigenvalue weighted by molar-refractivity contribution is 0.670. The average molecular weight is 372 g/mol. The van der Waals surface area contributed by atoms with Crippen molar-refractivity contribution in [2.75, 3.05) is 0 Å². The smallest absolute Gasteiger partial charge is 0.160 e. The zero-order valence-electron chi connectivity index (χ0n) is 15.5. The van der Waals surface area contributed by atoms with Gasteiger partial charge in [0.15, 0.2) is 5.82 Å². The fourth-order valence-electron chi connectivity index (χ4n) is 3.93. The van der Waals surface area contributed by atoms with Crippen molar-refractivity contribution < 1.29 is 4.42 Å². The van der Waals surface area contributed by atoms with Crippen molar-refractivity contribution in [3.8, 4) is 22.6 Å². The van der Waals surface area contributed by atoms with Gasteiger partial charge in [0.1, 0.15) is 11.2 Å². The van der Waals surface area contributed by atoms with E-state index in [-0.39, 0.29) is 0 Å². The molecule has 0 aliphatic rings. The topological polar surface area (TPSA) is 38.9 Å². The highest BCUT2D eigenvalue weighted by molar-refractivity contribution is 6.11. The first-order valence-electron chi connectivity index (χ1n) is 9.61. The zero-order valence-corrected chi connectivity index (χ0v) is 15.5. The van der Waals surface area contributed by atoms with Gasteiger partial charge in [-0.05, 0) is 18.2 Å². The molecule has 0 saturated carbocycles. The van der Waals surface area contributed by atoms with Crippen molar-refractivity contribution in [1.29, 1.82) is 0 Å². The number of para-hydroxylation sites is 3. The molecule has 2 heterocycles. The molecule has 0 aliphatic carbocycles. The Labute approximate surface area is 167 Å². The molecule has 0 atom stereocenters. The van der Waals surface area contributed by atoms with Crippen molar-refractivity contribution in [3.63, 3.8) is 0 Å². The molecule has 29 heavy (non-hydrogen) atoms. The van der Waals surface area contributed by atoms with E-state index in [0.717, 1.165) is 49.7 Å². The van der Waals surface area contributed by atoms with Gasteiger partial charge in [0.05, 0.1) is 11.2 Å². The summed E-state index contributed by atoms with van der Waals surface area (Å²) in [5, 5.41) is 3.23. The highest BCUT2D eigenvalue weighted by atomic mass is 16.3. The Morgan fingerprint density at radius 1 is 0.552 bits per heavy atom. The molecule has 0 N–H and O–H groups in total. The van der Waals surface area contributed by atoms with E-state index in [1.54, 1.807) is 0 Å². The van der Waals surface area contributed by atoms with Crippen LogP contribution in [0.15, 0.2) is 101 Å². The van der Waals surface area contributed by atoms with E-state index in [2.05, 4.69) is 30.3 Å². The second kappa shape index (κ2) is 6.28. The molecule has 0 unspecified atom stereocenters. The first-order valence-corrected chi connectivity index (χ1v) is 9.61. The first-order chi connectivity index (χ1) is 14.4. The molecule has 0 spiro atoms. The zero-order chi connectivity index (χ0) is 19.2. The van der Waals surface area contributed by atoms with Crippen LogP contribution in [0.5, 0.6) is 0 Å². The third-order valence-corrected chi connectivity index (χ3v) is 5.29. The van der Waals surface area contributed by atoms with Crippen LogP contribution in [0.25, 0.3) is 55.5 Å². The molecule has 0 bridgehead atoms. The minimum absolute atomic E-state index is 0.715. The number of fused-ring (bicyclic) bond motifs is 4. The fraction of sp³-hybridized carbons (Fsp3) is 0. The van der Waals surface area contributed by atoms with Gasteiger partial charge in [-0.1, -0.05) is 78.9 Å². The van der Waals surface area contributed by atoms with E-state index in [0.29, 0.717) is 5.82 Å². The maximum absolute atomic E-state index is 6.27. The van der Waals surface area contributed by atoms with Gasteiger partial charge in [-0.15, -0.1) is 0 Å². The van der Waals surface area contributed by atoms with Crippen molar-refractivity contribution in [2.24, 2.45) is 0 Å². The lowest BCUT2D eigenvalue weighted by Gasteiger charge is -2.09. The summed E-state index contributed by atoms with van der Waals surface area (Å²) in [5.41, 5.74) is 5.53. The Morgan fingerprint density at radius 2 is 1.28 bits per heavy atom. The maximum Gasteiger partial charge on any atom is 0.160 e. The van der Waals surface area contributed by atoms with E-state index < -0.39 is 0 Å². The summed E-state index contributed by atoms with van der Waals surface area (Å²) in [6.45, 7) is 0. The molecule has 4 aromatic carbocycles. The van der Waals surface area contributed by atoms with E-state index in [9.17, 15) is 0 Å². The number of hydrogen-bond donors (Lipinski definition) is 0. The summed E-state index contributed by atoms with van der Waals surface area (Å²) in [5.74, 6) is 0.715. The summed E-state index contributed by atoms with van der Waals surface area (Å²) in [6, 6.07) is 32.6. The Kier molecular flexibility index (Phi) is 3.47. The summed E-state index contributed by atoms with van der Waals surface area (Å²) in [7, 11) is 0. The van der Waals surface area contributed by atoms with Gasteiger partial charge < -0.3 is 4.42 Å². The molecule has 0 amide bonds. The Bertz CT molecular complexity index is 1500. The molecule has 0 fully saturated rings. The second-order valence-electron chi connectivity index (χ2n) is 7.06. The standard InChI is InChI=1S/C26H16N2O/c1-2-9-17(10-3-1)26-27-22-15-6-4-12-20(22)24(28-26)21-14-8-13-19-18-11-5-7-16-23(18)29-25(19)21/h1-16H. The van der Waals surface area contributed by atoms with Gasteiger partial charge in [-0.25, -0.2) is 9.97 Å². The van der Waals surface area contributed by atoms with Crippen molar-refractivity contribution >= 4 is 32.8 Å². The van der Waals surface area contributed by atoms with E-state index >= 15 is 0 Å². The van der Waals surface area contributed by atoms with Crippen molar-refractivity contribution in [2.45, 2.75) is 0 Å². The fourth-order valence-corrected chi connectivity index (χ4v) is 3.93. The molecule has 0 saturated heterocycles. The summed E-state index contributed by atoms with van der Waals surface area (Å²) >= 11 is 0. The molecule has 6 aromatic rings. The van der Waals surface area contributed by atoms with Gasteiger partial charge in [0, 0.05) is 27.3 Å². The highest BCUT2D eigenvalue weighted by Crippen LogP contribution is 2.37. The van der Waals surface area contributed by atoms with Crippen LogP contribution >= 0.6 is 0 Å². The van der Waals surface area contributed by atoms with Gasteiger partial charge in [-0.2, -0.15) is 0 Å². The Morgan fingerprint density at radius 3 is 2.17 bits per heavy atom. The molecular weight excluding hydrogens is 356 g/mol. The third-order valence-electron chi connectivity index (χ3n) is 5.29. The molecule has 6 rings (SSSR count). The van der Waals surface area contributed by atoms with E-state index in [1.807, 2.05) is 66.7 Å².